The molecule has 2 saturated heterocycles. The lowest BCUT2D eigenvalue weighted by Gasteiger charge is -2.51. The van der Waals surface area contributed by atoms with Crippen molar-refractivity contribution >= 4 is 63.3 Å². The minimum atomic E-state index is -2.72. The fraction of sp³-hybridized carbons (Fsp3) is 0.389. The molecule has 6 unspecified atom stereocenters. The van der Waals surface area contributed by atoms with Gasteiger partial charge in [-0.25, -0.2) is 26.9 Å². The number of rotatable bonds is 3. The largest absolute Gasteiger partial charge is 0.508 e. The average molecular weight is 734 g/mol. The fourth-order valence-corrected chi connectivity index (χ4v) is 10.1. The van der Waals surface area contributed by atoms with Crippen LogP contribution in [-0.4, -0.2) is 49.4 Å². The van der Waals surface area contributed by atoms with E-state index < -0.39 is 98.1 Å². The summed E-state index contributed by atoms with van der Waals surface area (Å²) in [6, 6.07) is 9.22. The molecule has 2 heterocycles. The van der Waals surface area contributed by atoms with Crippen LogP contribution in [0.4, 0.5) is 27.6 Å². The molecule has 4 fully saturated rings. The Bertz CT molecular complexity index is 2080. The number of hydrogen-bond acceptors (Lipinski definition) is 5. The van der Waals surface area contributed by atoms with E-state index >= 15 is 8.78 Å². The number of amides is 4. The van der Waals surface area contributed by atoms with Crippen molar-refractivity contribution in [1.82, 2.24) is 4.90 Å². The molecule has 260 valence electrons. The number of carbonyl (C=O) groups excluding carboxylic acids is 4. The van der Waals surface area contributed by atoms with Gasteiger partial charge in [0.25, 0.3) is 11.8 Å². The SMILES string of the molecule is O=C1C2CC=C3C(CC4(Cl)C(=O)N(c5c(F)c(F)c(F)c(F)c5F)C(=O)C4(Cl)C3c3c(O)ccc4ccccc34)C2C(=O)N1C1CCCCC1. The third-order valence-corrected chi connectivity index (χ3v) is 12.8. The first kappa shape index (κ1) is 33.1. The third kappa shape index (κ3) is 4.09. The van der Waals surface area contributed by atoms with E-state index in [0.717, 1.165) is 19.3 Å². The Labute approximate surface area is 291 Å². The minimum absolute atomic E-state index is 0.00107. The van der Waals surface area contributed by atoms with Gasteiger partial charge < -0.3 is 5.11 Å². The Morgan fingerprint density at radius 1 is 0.760 bits per heavy atom. The van der Waals surface area contributed by atoms with Gasteiger partial charge in [-0.15, -0.1) is 23.2 Å². The molecule has 0 aromatic heterocycles. The zero-order valence-electron chi connectivity index (χ0n) is 26.0. The van der Waals surface area contributed by atoms with Crippen molar-refractivity contribution in [3.8, 4) is 5.75 Å². The van der Waals surface area contributed by atoms with Crippen LogP contribution in [0.1, 0.15) is 56.4 Å². The molecular formula is C36H27Cl2F5N2O5. The number of likely N-dealkylation sites (tertiary alicyclic amines) is 1. The number of carbonyl (C=O) groups is 4. The number of anilines is 1. The Hall–Kier alpha value is -4.03. The number of alkyl halides is 2. The zero-order valence-corrected chi connectivity index (χ0v) is 27.5. The van der Waals surface area contributed by atoms with E-state index in [4.69, 9.17) is 23.2 Å². The quantitative estimate of drug-likeness (QED) is 0.0772. The first-order chi connectivity index (χ1) is 23.8. The summed E-state index contributed by atoms with van der Waals surface area (Å²) in [5.41, 5.74) is -1.56. The maximum Gasteiger partial charge on any atom is 0.258 e. The first-order valence-electron chi connectivity index (χ1n) is 16.3. The summed E-state index contributed by atoms with van der Waals surface area (Å²) in [6.45, 7) is 0. The van der Waals surface area contributed by atoms with Crippen molar-refractivity contribution in [3.63, 3.8) is 0 Å². The highest BCUT2D eigenvalue weighted by Gasteiger charge is 2.77. The van der Waals surface area contributed by atoms with E-state index in [1.165, 1.54) is 11.0 Å². The highest BCUT2D eigenvalue weighted by Crippen LogP contribution is 2.67. The van der Waals surface area contributed by atoms with Crippen LogP contribution < -0.4 is 4.90 Å². The maximum absolute atomic E-state index is 15.3. The van der Waals surface area contributed by atoms with Crippen molar-refractivity contribution in [2.45, 2.75) is 66.7 Å². The van der Waals surface area contributed by atoms with Crippen LogP contribution in [0.3, 0.4) is 0 Å². The highest BCUT2D eigenvalue weighted by molar-refractivity contribution is 6.58. The third-order valence-electron chi connectivity index (χ3n) is 11.4. The van der Waals surface area contributed by atoms with Crippen molar-refractivity contribution in [1.29, 1.82) is 0 Å². The molecule has 14 heteroatoms. The second kappa shape index (κ2) is 11.2. The van der Waals surface area contributed by atoms with Crippen molar-refractivity contribution in [2.24, 2.45) is 17.8 Å². The number of phenolic OH excluding ortho intramolecular Hbond substituents is 1. The monoisotopic (exact) mass is 732 g/mol. The summed E-state index contributed by atoms with van der Waals surface area (Å²) in [6.07, 6.45) is 4.95. The summed E-state index contributed by atoms with van der Waals surface area (Å²) in [5, 5.41) is 12.4. The molecule has 0 bridgehead atoms. The van der Waals surface area contributed by atoms with Crippen LogP contribution in [0.2, 0.25) is 0 Å². The zero-order chi connectivity index (χ0) is 35.6. The van der Waals surface area contributed by atoms with Gasteiger partial charge >= 0.3 is 0 Å². The van der Waals surface area contributed by atoms with E-state index in [2.05, 4.69) is 0 Å². The number of nitrogens with zero attached hydrogens (tertiary/aromatic N) is 2. The maximum atomic E-state index is 15.3. The second-order valence-corrected chi connectivity index (χ2v) is 15.0. The molecule has 2 aliphatic heterocycles. The topological polar surface area (TPSA) is 95.0 Å². The predicted octanol–water partition coefficient (Wildman–Crippen LogP) is 7.14. The molecule has 3 aromatic rings. The summed E-state index contributed by atoms with van der Waals surface area (Å²) in [5.74, 6) is -21.2. The van der Waals surface area contributed by atoms with Gasteiger partial charge in [0.2, 0.25) is 17.6 Å². The lowest BCUT2D eigenvalue weighted by atomic mass is 9.56. The Balaban J connectivity index is 1.36. The molecule has 5 aliphatic rings. The van der Waals surface area contributed by atoms with Gasteiger partial charge in [0.15, 0.2) is 33.0 Å². The number of fused-ring (bicyclic) bond motifs is 5. The minimum Gasteiger partial charge on any atom is -0.508 e. The lowest BCUT2D eigenvalue weighted by molar-refractivity contribution is -0.143. The molecule has 50 heavy (non-hydrogen) atoms. The van der Waals surface area contributed by atoms with Crippen molar-refractivity contribution < 1.29 is 46.2 Å². The molecular weight excluding hydrogens is 706 g/mol. The number of imide groups is 2. The van der Waals surface area contributed by atoms with E-state index in [-0.39, 0.29) is 34.4 Å². The molecule has 7 nitrogen and oxygen atoms in total. The number of hydrogen-bond donors (Lipinski definition) is 1. The molecule has 2 saturated carbocycles. The number of aromatic hydroxyl groups is 1. The Morgan fingerprint density at radius 2 is 1.40 bits per heavy atom. The Morgan fingerprint density at radius 3 is 2.08 bits per heavy atom. The molecule has 8 rings (SSSR count). The summed E-state index contributed by atoms with van der Waals surface area (Å²) in [7, 11) is 0. The fourth-order valence-electron chi connectivity index (χ4n) is 9.19. The normalized spacial score (nSPS) is 31.3. The van der Waals surface area contributed by atoms with Gasteiger partial charge in [0, 0.05) is 17.5 Å². The summed E-state index contributed by atoms with van der Waals surface area (Å²) >= 11 is 14.5. The predicted molar refractivity (Wildman–Crippen MR) is 171 cm³/mol. The van der Waals surface area contributed by atoms with Gasteiger partial charge in [-0.05, 0) is 48.4 Å². The van der Waals surface area contributed by atoms with Crippen LogP contribution in [-0.2, 0) is 19.2 Å². The van der Waals surface area contributed by atoms with Crippen LogP contribution >= 0.6 is 23.2 Å². The van der Waals surface area contributed by atoms with Crippen LogP contribution in [0, 0.1) is 46.8 Å². The second-order valence-electron chi connectivity index (χ2n) is 13.8. The molecule has 0 spiro atoms. The summed E-state index contributed by atoms with van der Waals surface area (Å²) < 4.78 is 73.7. The molecule has 3 aliphatic carbocycles. The van der Waals surface area contributed by atoms with Gasteiger partial charge in [-0.3, -0.25) is 24.1 Å². The van der Waals surface area contributed by atoms with Gasteiger partial charge in [-0.2, -0.15) is 0 Å². The first-order valence-corrected chi connectivity index (χ1v) is 17.1. The van der Waals surface area contributed by atoms with E-state index in [9.17, 15) is 37.5 Å². The van der Waals surface area contributed by atoms with E-state index in [0.29, 0.717) is 23.6 Å². The number of phenols is 1. The van der Waals surface area contributed by atoms with Crippen LogP contribution in [0.25, 0.3) is 10.8 Å². The average Bonchev–Trinajstić information content (AvgIpc) is 3.45. The molecule has 1 N–H and O–H groups in total. The van der Waals surface area contributed by atoms with E-state index in [1.54, 1.807) is 36.4 Å². The summed E-state index contributed by atoms with van der Waals surface area (Å²) in [4.78, 5) is 52.8. The lowest BCUT2D eigenvalue weighted by Crippen LogP contribution is -2.60. The molecule has 3 aromatic carbocycles. The number of benzene rings is 3. The number of allylic oxidation sites excluding steroid dienone is 2. The smallest absolute Gasteiger partial charge is 0.258 e. The standard InChI is InChI=1S/C36H27Cl2F5N2O5/c37-35-14-20-18(11-12-19-22(20)32(48)44(31(19)47)16-7-2-1-3-8-16)24(23-17-9-5-4-6-15(17)10-13-21(23)46)36(35,38)34(50)45(33(35)49)30-28(42)26(40)25(39)27(41)29(30)43/h4-6,9-11,13,16,19-20,22,24,46H,1-3,7-8,12,14H2. The molecule has 4 amide bonds. The van der Waals surface area contributed by atoms with Crippen molar-refractivity contribution in [3.05, 3.63) is 82.7 Å². The van der Waals surface area contributed by atoms with Crippen molar-refractivity contribution in [2.75, 3.05) is 4.90 Å². The van der Waals surface area contributed by atoms with Gasteiger partial charge in [0.05, 0.1) is 11.8 Å². The number of halogens is 7. The Kier molecular flexibility index (Phi) is 7.44. The van der Waals surface area contributed by atoms with Gasteiger partial charge in [0.1, 0.15) is 11.4 Å². The molecule has 6 atom stereocenters. The highest BCUT2D eigenvalue weighted by atomic mass is 35.5. The van der Waals surface area contributed by atoms with Crippen LogP contribution in [0.15, 0.2) is 48.0 Å². The van der Waals surface area contributed by atoms with Crippen LogP contribution in [0.5, 0.6) is 5.75 Å². The van der Waals surface area contributed by atoms with Gasteiger partial charge in [-0.1, -0.05) is 61.2 Å². The molecule has 0 radical (unpaired) electrons. The van der Waals surface area contributed by atoms with E-state index in [1.807, 2.05) is 0 Å².